The van der Waals surface area contributed by atoms with Crippen molar-refractivity contribution < 1.29 is 4.65 Å². The Bertz CT molecular complexity index is 279. The Hall–Kier alpha value is -0.0800. The van der Waals surface area contributed by atoms with Crippen molar-refractivity contribution in [2.75, 3.05) is 20.6 Å². The van der Waals surface area contributed by atoms with Crippen molar-refractivity contribution in [3.05, 3.63) is 5.21 Å². The number of quaternary nitrogens is 1. The normalized spacial score (nSPS) is 11.4. The van der Waals surface area contributed by atoms with E-state index < -0.39 is 0 Å². The summed E-state index contributed by atoms with van der Waals surface area (Å²) in [5, 5.41) is 11.4. The van der Waals surface area contributed by atoms with Gasteiger partial charge >= 0.3 is 0 Å². The predicted octanol–water partition coefficient (Wildman–Crippen LogP) is 10.2. The third-order valence-electron chi connectivity index (χ3n) is 6.01. The van der Waals surface area contributed by atoms with Gasteiger partial charge in [0.1, 0.15) is 0 Å². The van der Waals surface area contributed by atoms with E-state index in [1.807, 2.05) is 0 Å². The Morgan fingerprint density at radius 3 is 0.767 bits per heavy atom. The average Bonchev–Trinajstić information content (AvgIpc) is 2.71. The number of hydroxylamine groups is 3. The molecular formula is C28H61NO. The molecular weight excluding hydrogens is 366 g/mol. The summed E-state index contributed by atoms with van der Waals surface area (Å²) in [5.41, 5.74) is 0. The van der Waals surface area contributed by atoms with Crippen LogP contribution in [-0.2, 0) is 0 Å². The molecule has 2 heteroatoms. The molecule has 184 valence electrons. The highest BCUT2D eigenvalue weighted by Gasteiger charge is 2.00. The van der Waals surface area contributed by atoms with Gasteiger partial charge in [0.25, 0.3) is 0 Å². The third-order valence-corrected chi connectivity index (χ3v) is 6.01. The fourth-order valence-corrected chi connectivity index (χ4v) is 3.89. The Labute approximate surface area is 192 Å². The van der Waals surface area contributed by atoms with Crippen molar-refractivity contribution in [1.82, 2.24) is 0 Å². The summed E-state index contributed by atoms with van der Waals surface area (Å²) in [5.74, 6) is 0. The van der Waals surface area contributed by atoms with Crippen LogP contribution >= 0.6 is 0 Å². The summed E-state index contributed by atoms with van der Waals surface area (Å²) in [6, 6.07) is 0. The smallest absolute Gasteiger partial charge is 0.0779 e. The lowest BCUT2D eigenvalue weighted by atomic mass is 10.0. The molecule has 0 aromatic carbocycles. The first-order chi connectivity index (χ1) is 14.5. The molecule has 30 heavy (non-hydrogen) atoms. The molecule has 0 aromatic rings. The molecule has 0 saturated carbocycles. The summed E-state index contributed by atoms with van der Waals surface area (Å²) in [7, 11) is 3.48. The molecule has 0 aliphatic carbocycles. The molecule has 0 aliphatic rings. The van der Waals surface area contributed by atoms with Crippen molar-refractivity contribution in [3.63, 3.8) is 0 Å². The number of hydrogen-bond donors (Lipinski definition) is 0. The van der Waals surface area contributed by atoms with Gasteiger partial charge in [0.05, 0.1) is 20.6 Å². The van der Waals surface area contributed by atoms with Crippen LogP contribution in [0.3, 0.4) is 0 Å². The second-order valence-corrected chi connectivity index (χ2v) is 10.0. The fourth-order valence-electron chi connectivity index (χ4n) is 3.89. The zero-order valence-corrected chi connectivity index (χ0v) is 22.1. The van der Waals surface area contributed by atoms with Gasteiger partial charge in [-0.1, -0.05) is 149 Å². The third kappa shape index (κ3) is 35.4. The van der Waals surface area contributed by atoms with Gasteiger partial charge in [-0.25, -0.2) is 0 Å². The van der Waals surface area contributed by atoms with Crippen LogP contribution in [0.15, 0.2) is 0 Å². The van der Waals surface area contributed by atoms with Crippen LogP contribution in [0.1, 0.15) is 162 Å². The second kappa shape index (κ2) is 27.0. The Kier molecular flexibility index (Phi) is 28.8. The van der Waals surface area contributed by atoms with Crippen LogP contribution in [0.4, 0.5) is 0 Å². The minimum atomic E-state index is -0.126. The fraction of sp³-hybridized carbons (Fsp3) is 1.00. The van der Waals surface area contributed by atoms with Crippen LogP contribution in [-0.4, -0.2) is 25.3 Å². The summed E-state index contributed by atoms with van der Waals surface area (Å²) in [4.78, 5) is 0. The van der Waals surface area contributed by atoms with Gasteiger partial charge in [-0.15, -0.1) is 0 Å². The largest absolute Gasteiger partial charge is 0.633 e. The first-order valence-corrected chi connectivity index (χ1v) is 14.0. The minimum Gasteiger partial charge on any atom is -0.633 e. The van der Waals surface area contributed by atoms with Crippen LogP contribution in [0.2, 0.25) is 0 Å². The highest BCUT2D eigenvalue weighted by atomic mass is 16.5. The van der Waals surface area contributed by atoms with Crippen LogP contribution in [0.5, 0.6) is 0 Å². The summed E-state index contributed by atoms with van der Waals surface area (Å²) >= 11 is 0. The molecule has 0 heterocycles. The SMILES string of the molecule is CCCCCCCC.CCCCCCCCCCCCCCCCCC[N+](C)(C)[O-]. The second-order valence-electron chi connectivity index (χ2n) is 10.0. The van der Waals surface area contributed by atoms with Gasteiger partial charge in [0, 0.05) is 0 Å². The molecule has 0 aromatic heterocycles. The van der Waals surface area contributed by atoms with Crippen molar-refractivity contribution in [2.45, 2.75) is 162 Å². The molecule has 0 N–H and O–H groups in total. The van der Waals surface area contributed by atoms with Crippen molar-refractivity contribution in [2.24, 2.45) is 0 Å². The summed E-state index contributed by atoms with van der Waals surface area (Å²) < 4.78 is -0.126. The predicted molar refractivity (Wildman–Crippen MR) is 139 cm³/mol. The number of hydrogen-bond acceptors (Lipinski definition) is 1. The first kappa shape index (κ1) is 32.1. The van der Waals surface area contributed by atoms with E-state index in [0.717, 1.165) is 13.0 Å². The van der Waals surface area contributed by atoms with Gasteiger partial charge in [0.2, 0.25) is 0 Å². The quantitative estimate of drug-likeness (QED) is 0.0956. The number of rotatable bonds is 22. The lowest BCUT2D eigenvalue weighted by molar-refractivity contribution is -0.840. The van der Waals surface area contributed by atoms with E-state index in [-0.39, 0.29) is 4.65 Å². The van der Waals surface area contributed by atoms with Crippen LogP contribution in [0, 0.1) is 5.21 Å². The minimum absolute atomic E-state index is 0.126. The zero-order chi connectivity index (χ0) is 22.8. The zero-order valence-electron chi connectivity index (χ0n) is 22.1. The molecule has 0 unspecified atom stereocenters. The van der Waals surface area contributed by atoms with E-state index in [1.54, 1.807) is 14.1 Å². The molecule has 0 radical (unpaired) electrons. The molecule has 0 amide bonds. The molecule has 0 saturated heterocycles. The van der Waals surface area contributed by atoms with E-state index in [2.05, 4.69) is 20.8 Å². The molecule has 2 nitrogen and oxygen atoms in total. The Morgan fingerprint density at radius 2 is 0.567 bits per heavy atom. The lowest BCUT2D eigenvalue weighted by Gasteiger charge is -2.33. The summed E-state index contributed by atoms with van der Waals surface area (Å²) in [6.07, 6.45) is 30.7. The molecule has 0 fully saturated rings. The van der Waals surface area contributed by atoms with Crippen molar-refractivity contribution in [3.8, 4) is 0 Å². The van der Waals surface area contributed by atoms with Gasteiger partial charge in [-0.3, -0.25) is 0 Å². The summed E-state index contributed by atoms with van der Waals surface area (Å²) in [6.45, 7) is 7.57. The van der Waals surface area contributed by atoms with Crippen molar-refractivity contribution >= 4 is 0 Å². The van der Waals surface area contributed by atoms with E-state index in [0.29, 0.717) is 0 Å². The molecule has 0 bridgehead atoms. The van der Waals surface area contributed by atoms with Gasteiger partial charge in [0.15, 0.2) is 0 Å². The highest BCUT2D eigenvalue weighted by molar-refractivity contribution is 4.50. The van der Waals surface area contributed by atoms with Crippen LogP contribution < -0.4 is 0 Å². The highest BCUT2D eigenvalue weighted by Crippen LogP contribution is 2.14. The maximum absolute atomic E-state index is 11.4. The van der Waals surface area contributed by atoms with E-state index in [4.69, 9.17) is 0 Å². The standard InChI is InChI=1S/C20H43NO.C8H18/c1-4-5-6-7-8-9-10-11-12-13-14-15-16-17-18-19-20-21(2,3)22;1-3-5-7-8-6-4-2/h4-20H2,1-3H3;3-8H2,1-2H3. The van der Waals surface area contributed by atoms with E-state index in [9.17, 15) is 5.21 Å². The van der Waals surface area contributed by atoms with Gasteiger partial charge < -0.3 is 9.85 Å². The van der Waals surface area contributed by atoms with Crippen molar-refractivity contribution in [1.29, 1.82) is 0 Å². The van der Waals surface area contributed by atoms with E-state index >= 15 is 0 Å². The Morgan fingerprint density at radius 1 is 0.367 bits per heavy atom. The van der Waals surface area contributed by atoms with E-state index in [1.165, 1.54) is 135 Å². The van der Waals surface area contributed by atoms with Gasteiger partial charge in [-0.05, 0) is 12.8 Å². The molecule has 0 aliphatic heterocycles. The Balaban J connectivity index is 0. The maximum Gasteiger partial charge on any atom is 0.0779 e. The van der Waals surface area contributed by atoms with Gasteiger partial charge in [-0.2, -0.15) is 0 Å². The average molecular weight is 428 g/mol. The number of nitrogens with zero attached hydrogens (tertiary/aromatic N) is 1. The molecule has 0 rings (SSSR count). The molecule has 0 atom stereocenters. The monoisotopic (exact) mass is 427 g/mol. The lowest BCUT2D eigenvalue weighted by Crippen LogP contribution is -2.32. The maximum atomic E-state index is 11.4. The van der Waals surface area contributed by atoms with Crippen LogP contribution in [0.25, 0.3) is 0 Å². The molecule has 0 spiro atoms. The number of unbranched alkanes of at least 4 members (excludes halogenated alkanes) is 20. The topological polar surface area (TPSA) is 23.1 Å². The first-order valence-electron chi connectivity index (χ1n) is 14.0.